The van der Waals surface area contributed by atoms with E-state index in [4.69, 9.17) is 0 Å². The van der Waals surface area contributed by atoms with Gasteiger partial charge in [-0.1, -0.05) is 34.1 Å². The first-order valence-corrected chi connectivity index (χ1v) is 2.89. The van der Waals surface area contributed by atoms with Crippen molar-refractivity contribution in [3.63, 3.8) is 0 Å². The van der Waals surface area contributed by atoms with Crippen LogP contribution >= 0.6 is 15.9 Å². The molecule has 38 valence electrons. The molecule has 0 bridgehead atoms. The molecule has 0 atom stereocenters. The second-order valence-electron chi connectivity index (χ2n) is 1.30. The normalized spacial score (nSPS) is 7.62. The molecule has 0 aromatic heterocycles. The molecule has 1 aromatic carbocycles. The van der Waals surface area contributed by atoms with Gasteiger partial charge in [-0.15, -0.1) is 0 Å². The van der Waals surface area contributed by atoms with E-state index in [1.807, 2.05) is 30.3 Å². The number of halogens is 1. The Morgan fingerprint density at radius 1 is 1.12 bits per heavy atom. The maximum atomic E-state index is 3.31. The van der Waals surface area contributed by atoms with Gasteiger partial charge < -0.3 is 1.43 Å². The van der Waals surface area contributed by atoms with Crippen LogP contribution in [0.4, 0.5) is 0 Å². The summed E-state index contributed by atoms with van der Waals surface area (Å²) in [6.07, 6.45) is 0. The SMILES string of the molecule is Brc1ccccc1.[H-].[Na+]. The predicted octanol–water partition coefficient (Wildman–Crippen LogP) is -0.434. The molecule has 1 aromatic rings. The summed E-state index contributed by atoms with van der Waals surface area (Å²) in [7, 11) is 0. The maximum absolute atomic E-state index is 3.31. The Labute approximate surface area is 81.2 Å². The number of rotatable bonds is 0. The van der Waals surface area contributed by atoms with Crippen LogP contribution in [0, 0.1) is 0 Å². The molecule has 0 aliphatic heterocycles. The molecule has 0 radical (unpaired) electrons. The Morgan fingerprint density at radius 3 is 1.88 bits per heavy atom. The third-order valence-electron chi connectivity index (χ3n) is 0.733. The van der Waals surface area contributed by atoms with E-state index >= 15 is 0 Å². The summed E-state index contributed by atoms with van der Waals surface area (Å²) >= 11 is 3.31. The van der Waals surface area contributed by atoms with E-state index in [2.05, 4.69) is 15.9 Å². The molecule has 0 saturated heterocycles. The smallest absolute Gasteiger partial charge is 1.00 e. The van der Waals surface area contributed by atoms with Gasteiger partial charge in [0.05, 0.1) is 0 Å². The first kappa shape index (κ1) is 8.70. The Kier molecular flexibility index (Phi) is 4.97. The molecule has 0 N–H and O–H groups in total. The summed E-state index contributed by atoms with van der Waals surface area (Å²) in [5, 5.41) is 0. The fraction of sp³-hybridized carbons (Fsp3) is 0. The molecular formula is C6H6BrNa. The third kappa shape index (κ3) is 2.88. The Balaban J connectivity index is 0. The fourth-order valence-electron chi connectivity index (χ4n) is 0.415. The molecule has 0 unspecified atom stereocenters. The van der Waals surface area contributed by atoms with Crippen LogP contribution < -0.4 is 29.6 Å². The quantitative estimate of drug-likeness (QED) is 0.476. The molecule has 8 heavy (non-hydrogen) atoms. The zero-order valence-electron chi connectivity index (χ0n) is 5.76. The summed E-state index contributed by atoms with van der Waals surface area (Å²) in [5.41, 5.74) is 0. The van der Waals surface area contributed by atoms with Crippen molar-refractivity contribution in [1.82, 2.24) is 0 Å². The second kappa shape index (κ2) is 4.57. The average Bonchev–Trinajstić information content (AvgIpc) is 1.69. The Bertz CT molecular complexity index is 143. The minimum Gasteiger partial charge on any atom is -1.00 e. The maximum Gasteiger partial charge on any atom is 1.00 e. The van der Waals surface area contributed by atoms with Crippen molar-refractivity contribution in [2.24, 2.45) is 0 Å². The van der Waals surface area contributed by atoms with Crippen molar-refractivity contribution in [2.75, 3.05) is 0 Å². The first-order chi connectivity index (χ1) is 3.39. The van der Waals surface area contributed by atoms with Crippen molar-refractivity contribution in [3.8, 4) is 0 Å². The van der Waals surface area contributed by atoms with Gasteiger partial charge in [0.25, 0.3) is 0 Å². The van der Waals surface area contributed by atoms with Crippen molar-refractivity contribution in [2.45, 2.75) is 0 Å². The van der Waals surface area contributed by atoms with Gasteiger partial charge in [0, 0.05) is 4.47 Å². The molecule has 1 rings (SSSR count). The molecule has 0 saturated carbocycles. The van der Waals surface area contributed by atoms with Gasteiger partial charge in [-0.3, -0.25) is 0 Å². The summed E-state index contributed by atoms with van der Waals surface area (Å²) in [6, 6.07) is 9.97. The number of hydrogen-bond donors (Lipinski definition) is 0. The minimum atomic E-state index is 0. The van der Waals surface area contributed by atoms with Gasteiger partial charge >= 0.3 is 29.6 Å². The van der Waals surface area contributed by atoms with Gasteiger partial charge in [-0.25, -0.2) is 0 Å². The van der Waals surface area contributed by atoms with Crippen molar-refractivity contribution < 1.29 is 31.0 Å². The van der Waals surface area contributed by atoms with E-state index in [1.165, 1.54) is 0 Å². The molecule has 0 nitrogen and oxygen atoms in total. The van der Waals surface area contributed by atoms with Crippen LogP contribution in [0.2, 0.25) is 0 Å². The molecule has 2 heteroatoms. The molecule has 0 aliphatic carbocycles. The van der Waals surface area contributed by atoms with E-state index in [9.17, 15) is 0 Å². The summed E-state index contributed by atoms with van der Waals surface area (Å²) in [4.78, 5) is 0. The largest absolute Gasteiger partial charge is 1.00 e. The van der Waals surface area contributed by atoms with E-state index in [0.717, 1.165) is 4.47 Å². The van der Waals surface area contributed by atoms with Gasteiger partial charge in [-0.05, 0) is 12.1 Å². The minimum absolute atomic E-state index is 0. The molecule has 0 aliphatic rings. The first-order valence-electron chi connectivity index (χ1n) is 2.10. The van der Waals surface area contributed by atoms with E-state index in [-0.39, 0.29) is 31.0 Å². The van der Waals surface area contributed by atoms with Gasteiger partial charge in [0.15, 0.2) is 0 Å². The summed E-state index contributed by atoms with van der Waals surface area (Å²) in [5.74, 6) is 0. The Hall–Kier alpha value is 0.700. The van der Waals surface area contributed by atoms with Crippen LogP contribution in [-0.4, -0.2) is 0 Å². The van der Waals surface area contributed by atoms with E-state index < -0.39 is 0 Å². The van der Waals surface area contributed by atoms with Crippen molar-refractivity contribution in [1.29, 1.82) is 0 Å². The standard InChI is InChI=1S/C6H5Br.Na.H/c7-6-4-2-1-3-5-6;;/h1-5H;;/q;+1;-1. The van der Waals surface area contributed by atoms with Crippen LogP contribution in [0.3, 0.4) is 0 Å². The van der Waals surface area contributed by atoms with Crippen LogP contribution in [-0.2, 0) is 0 Å². The molecule has 0 amide bonds. The van der Waals surface area contributed by atoms with Crippen LogP contribution in [0.5, 0.6) is 0 Å². The molecular weight excluding hydrogens is 175 g/mol. The second-order valence-corrected chi connectivity index (χ2v) is 2.21. The predicted molar refractivity (Wildman–Crippen MR) is 35.3 cm³/mol. The van der Waals surface area contributed by atoms with Crippen LogP contribution in [0.15, 0.2) is 34.8 Å². The van der Waals surface area contributed by atoms with Crippen LogP contribution in [0.1, 0.15) is 1.43 Å². The summed E-state index contributed by atoms with van der Waals surface area (Å²) < 4.78 is 1.13. The monoisotopic (exact) mass is 180 g/mol. The van der Waals surface area contributed by atoms with Crippen LogP contribution in [0.25, 0.3) is 0 Å². The fourth-order valence-corrected chi connectivity index (χ4v) is 0.720. The number of hydrogen-bond acceptors (Lipinski definition) is 0. The number of benzene rings is 1. The average molecular weight is 181 g/mol. The van der Waals surface area contributed by atoms with Gasteiger partial charge in [0.2, 0.25) is 0 Å². The Morgan fingerprint density at radius 2 is 1.62 bits per heavy atom. The molecule has 0 spiro atoms. The van der Waals surface area contributed by atoms with Crippen molar-refractivity contribution in [3.05, 3.63) is 34.8 Å². The molecule has 0 heterocycles. The zero-order valence-corrected chi connectivity index (χ0v) is 8.35. The topological polar surface area (TPSA) is 0 Å². The van der Waals surface area contributed by atoms with Gasteiger partial charge in [0.1, 0.15) is 0 Å². The summed E-state index contributed by atoms with van der Waals surface area (Å²) in [6.45, 7) is 0. The zero-order chi connectivity index (χ0) is 5.11. The van der Waals surface area contributed by atoms with E-state index in [1.54, 1.807) is 0 Å². The third-order valence-corrected chi connectivity index (χ3v) is 1.26. The molecule has 0 fully saturated rings. The van der Waals surface area contributed by atoms with Crippen molar-refractivity contribution >= 4 is 15.9 Å². The van der Waals surface area contributed by atoms with Gasteiger partial charge in [-0.2, -0.15) is 0 Å². The van der Waals surface area contributed by atoms with E-state index in [0.29, 0.717) is 0 Å².